The van der Waals surface area contributed by atoms with Crippen molar-refractivity contribution in [2.24, 2.45) is 0 Å². The molecule has 0 radical (unpaired) electrons. The number of imidazole rings is 1. The first kappa shape index (κ1) is 23.6. The predicted molar refractivity (Wildman–Crippen MR) is 115 cm³/mol. The average Bonchev–Trinajstić information content (AvgIpc) is 3.27. The summed E-state index contributed by atoms with van der Waals surface area (Å²) in [5, 5.41) is 5.10. The number of ether oxygens (including phenoxy) is 2. The number of nitrogens with one attached hydrogen (secondary N) is 2. The van der Waals surface area contributed by atoms with Gasteiger partial charge in [0.2, 0.25) is 5.95 Å². The minimum absolute atomic E-state index is 0.0272. The molecule has 31 heavy (non-hydrogen) atoms. The highest BCUT2D eigenvalue weighted by molar-refractivity contribution is 7.36. The number of anilines is 2. The van der Waals surface area contributed by atoms with Crippen LogP contribution in [0.3, 0.4) is 0 Å². The molecule has 1 fully saturated rings. The molecule has 0 aromatic carbocycles. The molecule has 0 bridgehead atoms. The number of carbonyl (C=O) groups is 1. The lowest BCUT2D eigenvalue weighted by molar-refractivity contribution is -0.149. The highest BCUT2D eigenvalue weighted by atomic mass is 35.5. The van der Waals surface area contributed by atoms with Crippen LogP contribution in [-0.2, 0) is 23.4 Å². The molecule has 170 valence electrons. The Morgan fingerprint density at radius 1 is 1.45 bits per heavy atom. The average molecular weight is 475 g/mol. The van der Waals surface area contributed by atoms with Gasteiger partial charge < -0.3 is 20.5 Å². The highest BCUT2D eigenvalue weighted by Crippen LogP contribution is 2.36. The zero-order chi connectivity index (χ0) is 22.7. The first-order valence-corrected chi connectivity index (χ1v) is 11.3. The van der Waals surface area contributed by atoms with Gasteiger partial charge in [-0.15, -0.1) is 16.1 Å². The number of alkyl halides is 1. The van der Waals surface area contributed by atoms with Crippen LogP contribution in [0, 0.1) is 0 Å². The number of carbonyl (C=O) groups excluding carboxylic acids is 1. The normalized spacial score (nSPS) is 22.6. The number of aromatic nitrogens is 4. The molecule has 3 rings (SSSR count). The lowest BCUT2D eigenvalue weighted by atomic mass is 10.2. The minimum atomic E-state index is -2.29. The van der Waals surface area contributed by atoms with Crippen molar-refractivity contribution in [3.63, 3.8) is 0 Å². The van der Waals surface area contributed by atoms with Crippen LogP contribution in [0.25, 0.3) is 11.2 Å². The van der Waals surface area contributed by atoms with Gasteiger partial charge in [0.1, 0.15) is 12.6 Å². The third kappa shape index (κ3) is 5.58. The van der Waals surface area contributed by atoms with Gasteiger partial charge in [0.25, 0.3) is 0 Å². The first-order chi connectivity index (χ1) is 14.7. The molecular weight excluding hydrogens is 449 g/mol. The summed E-state index contributed by atoms with van der Waals surface area (Å²) in [6.45, 7) is 5.05. The van der Waals surface area contributed by atoms with E-state index in [0.717, 1.165) is 0 Å². The fourth-order valence-electron chi connectivity index (χ4n) is 3.08. The monoisotopic (exact) mass is 474 g/mol. The van der Waals surface area contributed by atoms with Crippen LogP contribution in [0.1, 0.15) is 33.4 Å². The van der Waals surface area contributed by atoms with E-state index in [1.807, 2.05) is 0 Å². The number of nitrogens with two attached hydrogens (primary N) is 1. The van der Waals surface area contributed by atoms with Crippen molar-refractivity contribution in [1.82, 2.24) is 24.6 Å². The van der Waals surface area contributed by atoms with Gasteiger partial charge in [0.05, 0.1) is 23.9 Å². The van der Waals surface area contributed by atoms with Crippen molar-refractivity contribution < 1.29 is 23.4 Å². The van der Waals surface area contributed by atoms with E-state index in [2.05, 4.69) is 25.4 Å². The van der Waals surface area contributed by atoms with Crippen LogP contribution in [-0.4, -0.2) is 62.8 Å². The summed E-state index contributed by atoms with van der Waals surface area (Å²) < 4.78 is 30.2. The summed E-state index contributed by atoms with van der Waals surface area (Å²) >= 11 is 6.50. The Labute approximate surface area is 185 Å². The number of rotatable bonds is 9. The predicted octanol–water partition coefficient (Wildman–Crippen LogP) is 1.95. The Kier molecular flexibility index (Phi) is 7.60. The van der Waals surface area contributed by atoms with Gasteiger partial charge in [0.15, 0.2) is 23.2 Å². The first-order valence-electron chi connectivity index (χ1n) is 9.73. The molecule has 1 aliphatic rings. The molecule has 3 heterocycles. The van der Waals surface area contributed by atoms with Gasteiger partial charge in [-0.3, -0.25) is 9.36 Å². The molecule has 0 spiro atoms. The molecule has 1 saturated heterocycles. The number of halogens is 1. The van der Waals surface area contributed by atoms with Crippen LogP contribution < -0.4 is 16.1 Å². The van der Waals surface area contributed by atoms with Gasteiger partial charge in [0, 0.05) is 7.05 Å². The lowest BCUT2D eigenvalue weighted by Gasteiger charge is -2.16. The van der Waals surface area contributed by atoms with Crippen molar-refractivity contribution in [1.29, 1.82) is 0 Å². The maximum atomic E-state index is 12.1. The molecule has 12 nitrogen and oxygen atoms in total. The van der Waals surface area contributed by atoms with Crippen molar-refractivity contribution in [2.45, 2.75) is 57.0 Å². The van der Waals surface area contributed by atoms with E-state index in [0.29, 0.717) is 23.4 Å². The van der Waals surface area contributed by atoms with E-state index >= 15 is 0 Å². The SMILES string of the molecule is CNc1nc(N)nc2c1ncn2[C@@H]1O[C@H](CO[P+](=O)N[C@H](C)C(=O)OC(C)C)C[C@@H]1Cl. The summed E-state index contributed by atoms with van der Waals surface area (Å²) in [5.74, 6) is 0.0864. The minimum Gasteiger partial charge on any atom is -0.462 e. The van der Waals surface area contributed by atoms with Gasteiger partial charge in [-0.1, -0.05) is 5.09 Å². The molecular formula is C17H26ClN7O5P+. The second-order valence-corrected chi connectivity index (χ2v) is 8.89. The summed E-state index contributed by atoms with van der Waals surface area (Å²) in [6.07, 6.45) is 0.785. The third-order valence-corrected chi connectivity index (χ3v) is 5.84. The standard InChI is InChI=1S/C17H26ClN7O5P/c1-8(2)29-16(26)9(3)24-31(27)28-6-10-5-11(18)15(30-10)25-7-21-12-13(20-4)22-17(19)23-14(12)25/h7-11,15H,5-6H2,1-4H3,(H,24,27)(H3,19,20,22,23)/q+1/t9-,10+,11+,15-/m1/s1. The van der Waals surface area contributed by atoms with E-state index < -0.39 is 37.9 Å². The molecule has 1 unspecified atom stereocenters. The van der Waals surface area contributed by atoms with E-state index in [9.17, 15) is 9.36 Å². The molecule has 14 heteroatoms. The number of esters is 1. The van der Waals surface area contributed by atoms with E-state index in [4.69, 9.17) is 31.3 Å². The van der Waals surface area contributed by atoms with Crippen LogP contribution in [0.15, 0.2) is 6.33 Å². The molecule has 2 aromatic rings. The Hall–Kier alpha value is -2.11. The zero-order valence-corrected chi connectivity index (χ0v) is 19.3. The lowest BCUT2D eigenvalue weighted by Crippen LogP contribution is -2.33. The molecule has 1 aliphatic heterocycles. The maximum Gasteiger partial charge on any atom is 0.613 e. The Morgan fingerprint density at radius 3 is 2.87 bits per heavy atom. The highest BCUT2D eigenvalue weighted by Gasteiger charge is 2.39. The molecule has 4 N–H and O–H groups in total. The second-order valence-electron chi connectivity index (χ2n) is 7.29. The van der Waals surface area contributed by atoms with Gasteiger partial charge in [-0.2, -0.15) is 9.97 Å². The fraction of sp³-hybridized carbons (Fsp3) is 0.647. The van der Waals surface area contributed by atoms with Gasteiger partial charge in [-0.05, 0) is 31.8 Å². The van der Waals surface area contributed by atoms with Crippen molar-refractivity contribution in [2.75, 3.05) is 24.7 Å². The Bertz CT molecular complexity index is 958. The van der Waals surface area contributed by atoms with Gasteiger partial charge in [-0.25, -0.2) is 4.98 Å². The van der Waals surface area contributed by atoms with Crippen LogP contribution in [0.5, 0.6) is 0 Å². The third-order valence-electron chi connectivity index (χ3n) is 4.46. The van der Waals surface area contributed by atoms with E-state index in [1.54, 1.807) is 38.7 Å². The summed E-state index contributed by atoms with van der Waals surface area (Å²) in [6, 6.07) is -0.771. The summed E-state index contributed by atoms with van der Waals surface area (Å²) in [7, 11) is -0.584. The topological polar surface area (TPSA) is 156 Å². The molecule has 5 atom stereocenters. The Balaban J connectivity index is 1.59. The van der Waals surface area contributed by atoms with Gasteiger partial charge >= 0.3 is 14.1 Å². The summed E-state index contributed by atoms with van der Waals surface area (Å²) in [4.78, 5) is 24.5. The second kappa shape index (κ2) is 10.0. The Morgan fingerprint density at radius 2 is 2.19 bits per heavy atom. The number of nitrogens with zero attached hydrogens (tertiary/aromatic N) is 4. The van der Waals surface area contributed by atoms with Crippen molar-refractivity contribution in [3.05, 3.63) is 6.33 Å². The fourth-order valence-corrected chi connectivity index (χ4v) is 4.26. The van der Waals surface area contributed by atoms with E-state index in [-0.39, 0.29) is 18.7 Å². The largest absolute Gasteiger partial charge is 0.613 e. The van der Waals surface area contributed by atoms with Crippen LogP contribution in [0.4, 0.5) is 11.8 Å². The molecule has 2 aromatic heterocycles. The molecule has 0 saturated carbocycles. The molecule has 0 aliphatic carbocycles. The summed E-state index contributed by atoms with van der Waals surface area (Å²) in [5.41, 5.74) is 6.81. The van der Waals surface area contributed by atoms with Crippen LogP contribution in [0.2, 0.25) is 0 Å². The smallest absolute Gasteiger partial charge is 0.462 e. The molecule has 0 amide bonds. The maximum absolute atomic E-state index is 12.1. The quantitative estimate of drug-likeness (QED) is 0.277. The number of hydrogen-bond acceptors (Lipinski definition) is 10. The van der Waals surface area contributed by atoms with Crippen molar-refractivity contribution in [3.8, 4) is 0 Å². The van der Waals surface area contributed by atoms with Crippen LogP contribution >= 0.6 is 19.8 Å². The number of fused-ring (bicyclic) bond motifs is 1. The van der Waals surface area contributed by atoms with E-state index in [1.165, 1.54) is 0 Å². The number of hydrogen-bond donors (Lipinski definition) is 3. The number of nitrogen functional groups attached to an aromatic ring is 1. The zero-order valence-electron chi connectivity index (χ0n) is 17.6. The van der Waals surface area contributed by atoms with Crippen molar-refractivity contribution >= 4 is 48.7 Å².